The summed E-state index contributed by atoms with van der Waals surface area (Å²) in [7, 11) is 1.96. The molecule has 35 heavy (non-hydrogen) atoms. The molecule has 0 saturated heterocycles. The van der Waals surface area contributed by atoms with E-state index in [4.69, 9.17) is 9.47 Å². The lowest BCUT2D eigenvalue weighted by Gasteiger charge is -2.11. The molecule has 2 N–H and O–H groups in total. The van der Waals surface area contributed by atoms with Crippen molar-refractivity contribution in [3.8, 4) is 11.5 Å². The Kier molecular flexibility index (Phi) is 10.1. The molecule has 4 rings (SSSR count). The molecule has 0 fully saturated rings. The normalized spacial score (nSPS) is 11.0. The van der Waals surface area contributed by atoms with Gasteiger partial charge in [-0.3, -0.25) is 0 Å². The first-order valence-corrected chi connectivity index (χ1v) is 13.0. The first kappa shape index (κ1) is 26.2. The number of benzene rings is 4. The fourth-order valence-electron chi connectivity index (χ4n) is 3.29. The van der Waals surface area contributed by atoms with Crippen molar-refractivity contribution in [2.24, 2.45) is 0 Å². The summed E-state index contributed by atoms with van der Waals surface area (Å²) in [5.41, 5.74) is 4.02. The van der Waals surface area contributed by atoms with Gasteiger partial charge in [-0.15, -0.1) is 0 Å². The molecule has 7 heteroatoms. The Labute approximate surface area is 214 Å². The summed E-state index contributed by atoms with van der Waals surface area (Å²) in [5.74, 6) is 1.60. The molecule has 0 spiro atoms. The van der Waals surface area contributed by atoms with Gasteiger partial charge in [0, 0.05) is 11.4 Å². The maximum atomic E-state index is 12.3. The molecule has 5 nitrogen and oxygen atoms in total. The SMILES string of the molecule is COc1c(C)cccc1S(=O)Nc1ccccc1.COc1c(C)cccc1SNc1ccccc1. The molecule has 0 heterocycles. The fourth-order valence-corrected chi connectivity index (χ4v) is 5.21. The molecular formula is C28H30N2O3S2. The van der Waals surface area contributed by atoms with E-state index in [0.29, 0.717) is 10.6 Å². The van der Waals surface area contributed by atoms with Gasteiger partial charge in [0.05, 0.1) is 19.1 Å². The number of ether oxygens (including phenoxy) is 2. The molecule has 0 saturated carbocycles. The van der Waals surface area contributed by atoms with Crippen LogP contribution in [0.4, 0.5) is 11.4 Å². The van der Waals surface area contributed by atoms with Crippen LogP contribution in [0.3, 0.4) is 0 Å². The number of methoxy groups -OCH3 is 2. The predicted molar refractivity (Wildman–Crippen MR) is 148 cm³/mol. The van der Waals surface area contributed by atoms with Crippen molar-refractivity contribution in [3.05, 3.63) is 108 Å². The Bertz CT molecular complexity index is 1240. The van der Waals surface area contributed by atoms with E-state index in [1.807, 2.05) is 105 Å². The number of para-hydroxylation sites is 4. The largest absolute Gasteiger partial charge is 0.495 e. The Morgan fingerprint density at radius 3 is 1.80 bits per heavy atom. The molecule has 4 aromatic rings. The molecule has 0 radical (unpaired) electrons. The van der Waals surface area contributed by atoms with Crippen LogP contribution in [0.15, 0.2) is 107 Å². The number of hydrogen-bond acceptors (Lipinski definition) is 5. The minimum absolute atomic E-state index is 0.654. The smallest absolute Gasteiger partial charge is 0.154 e. The number of aryl methyl sites for hydroxylation is 2. The van der Waals surface area contributed by atoms with E-state index >= 15 is 0 Å². The van der Waals surface area contributed by atoms with Crippen molar-refractivity contribution < 1.29 is 13.7 Å². The van der Waals surface area contributed by atoms with Gasteiger partial charge in [-0.05, 0) is 73.3 Å². The number of anilines is 2. The van der Waals surface area contributed by atoms with Gasteiger partial charge in [0.25, 0.3) is 0 Å². The van der Waals surface area contributed by atoms with Crippen molar-refractivity contribution in [3.63, 3.8) is 0 Å². The molecule has 1 unspecified atom stereocenters. The van der Waals surface area contributed by atoms with Crippen molar-refractivity contribution >= 4 is 34.3 Å². The van der Waals surface area contributed by atoms with E-state index in [-0.39, 0.29) is 0 Å². The Morgan fingerprint density at radius 2 is 1.20 bits per heavy atom. The van der Waals surface area contributed by atoms with E-state index in [1.165, 1.54) is 0 Å². The first-order valence-electron chi connectivity index (χ1n) is 11.0. The monoisotopic (exact) mass is 506 g/mol. The van der Waals surface area contributed by atoms with E-state index in [0.717, 1.165) is 33.1 Å². The van der Waals surface area contributed by atoms with Crippen LogP contribution in [0.25, 0.3) is 0 Å². The number of hydrogen-bond donors (Lipinski definition) is 2. The maximum Gasteiger partial charge on any atom is 0.154 e. The zero-order chi connectivity index (χ0) is 25.0. The summed E-state index contributed by atoms with van der Waals surface area (Å²) in [6.45, 7) is 3.98. The van der Waals surface area contributed by atoms with Gasteiger partial charge < -0.3 is 18.9 Å². The predicted octanol–water partition coefficient (Wildman–Crippen LogP) is 7.26. The quantitative estimate of drug-likeness (QED) is 0.246. The molecule has 0 bridgehead atoms. The Balaban J connectivity index is 0.000000196. The van der Waals surface area contributed by atoms with E-state index in [9.17, 15) is 4.21 Å². The summed E-state index contributed by atoms with van der Waals surface area (Å²) >= 11 is 1.56. The summed E-state index contributed by atoms with van der Waals surface area (Å²) in [4.78, 5) is 1.75. The topological polar surface area (TPSA) is 59.6 Å². The second-order valence-corrected chi connectivity index (χ2v) is 9.55. The molecule has 1 atom stereocenters. The molecular weight excluding hydrogens is 476 g/mol. The van der Waals surface area contributed by atoms with Crippen LogP contribution in [0.2, 0.25) is 0 Å². The maximum absolute atomic E-state index is 12.3. The van der Waals surface area contributed by atoms with Crippen molar-refractivity contribution in [1.82, 2.24) is 0 Å². The average Bonchev–Trinajstić information content (AvgIpc) is 2.89. The summed E-state index contributed by atoms with van der Waals surface area (Å²) in [5, 5.41) is 0. The first-order chi connectivity index (χ1) is 17.0. The van der Waals surface area contributed by atoms with E-state index in [2.05, 4.69) is 9.44 Å². The zero-order valence-corrected chi connectivity index (χ0v) is 21.9. The molecule has 182 valence electrons. The standard InChI is InChI=1S/C14H15NO2S.C14H15NOS/c1-11-7-6-10-13(14(11)17-2)18(16)15-12-8-4-3-5-9-12;1-11-7-6-10-13(14(11)16-2)17-15-12-8-4-3-5-9-12/h3-10,15H,1-2H3;3-10,15H,1-2H3. The lowest BCUT2D eigenvalue weighted by molar-refractivity contribution is 0.401. The van der Waals surface area contributed by atoms with Gasteiger partial charge in [0.2, 0.25) is 0 Å². The minimum Gasteiger partial charge on any atom is -0.495 e. The van der Waals surface area contributed by atoms with E-state index in [1.54, 1.807) is 32.2 Å². The number of rotatable bonds is 8. The van der Waals surface area contributed by atoms with Crippen LogP contribution >= 0.6 is 11.9 Å². The van der Waals surface area contributed by atoms with Gasteiger partial charge in [-0.1, -0.05) is 60.7 Å². The van der Waals surface area contributed by atoms with Gasteiger partial charge in [0.1, 0.15) is 16.4 Å². The lowest BCUT2D eigenvalue weighted by Crippen LogP contribution is -2.06. The molecule has 0 aromatic heterocycles. The van der Waals surface area contributed by atoms with Gasteiger partial charge in [0.15, 0.2) is 11.0 Å². The summed E-state index contributed by atoms with van der Waals surface area (Å²) in [6, 6.07) is 31.3. The highest BCUT2D eigenvalue weighted by Crippen LogP contribution is 2.32. The second kappa shape index (κ2) is 13.5. The third-order valence-electron chi connectivity index (χ3n) is 5.00. The molecule has 0 amide bonds. The molecule has 0 aliphatic heterocycles. The van der Waals surface area contributed by atoms with Gasteiger partial charge in [-0.2, -0.15) is 0 Å². The molecule has 0 aliphatic rings. The highest BCUT2D eigenvalue weighted by atomic mass is 32.2. The fraction of sp³-hybridized carbons (Fsp3) is 0.143. The van der Waals surface area contributed by atoms with Crippen LogP contribution in [0.5, 0.6) is 11.5 Å². The summed E-state index contributed by atoms with van der Waals surface area (Å²) in [6.07, 6.45) is 0. The highest BCUT2D eigenvalue weighted by Gasteiger charge is 2.12. The summed E-state index contributed by atoms with van der Waals surface area (Å²) < 4.78 is 29.2. The molecule has 4 aromatic carbocycles. The average molecular weight is 507 g/mol. The highest BCUT2D eigenvalue weighted by molar-refractivity contribution is 8.00. The Hall–Kier alpha value is -3.42. The van der Waals surface area contributed by atoms with Crippen LogP contribution in [-0.4, -0.2) is 18.4 Å². The third kappa shape index (κ3) is 7.53. The minimum atomic E-state index is -1.33. The van der Waals surface area contributed by atoms with Crippen LogP contribution in [0.1, 0.15) is 11.1 Å². The van der Waals surface area contributed by atoms with Crippen molar-refractivity contribution in [2.45, 2.75) is 23.6 Å². The van der Waals surface area contributed by atoms with Crippen LogP contribution < -0.4 is 18.9 Å². The molecule has 0 aliphatic carbocycles. The Morgan fingerprint density at radius 1 is 0.657 bits per heavy atom. The van der Waals surface area contributed by atoms with Gasteiger partial charge >= 0.3 is 0 Å². The number of nitrogens with one attached hydrogen (secondary N) is 2. The zero-order valence-electron chi connectivity index (χ0n) is 20.3. The van der Waals surface area contributed by atoms with Crippen LogP contribution in [-0.2, 0) is 11.0 Å². The second-order valence-electron chi connectivity index (χ2n) is 7.52. The van der Waals surface area contributed by atoms with Gasteiger partial charge in [-0.25, -0.2) is 4.21 Å². The van der Waals surface area contributed by atoms with E-state index < -0.39 is 11.0 Å². The third-order valence-corrected chi connectivity index (χ3v) is 7.02. The lowest BCUT2D eigenvalue weighted by atomic mass is 10.2. The van der Waals surface area contributed by atoms with Crippen molar-refractivity contribution in [2.75, 3.05) is 23.7 Å². The van der Waals surface area contributed by atoms with Crippen molar-refractivity contribution in [1.29, 1.82) is 0 Å². The van der Waals surface area contributed by atoms with Crippen LogP contribution in [0, 0.1) is 13.8 Å².